The van der Waals surface area contributed by atoms with Gasteiger partial charge in [-0.2, -0.15) is 5.10 Å². The van der Waals surface area contributed by atoms with Gasteiger partial charge in [0.25, 0.3) is 0 Å². The SMILES string of the molecule is CC(=O)c1sc(N(C(=O)CCn2cc(C(=O)O)cn2)C2CC2)nc1C. The zero-order valence-electron chi connectivity index (χ0n) is 13.9. The second-order valence-electron chi connectivity index (χ2n) is 6.01. The predicted octanol–water partition coefficient (Wildman–Crippen LogP) is 2.13. The van der Waals surface area contributed by atoms with Gasteiger partial charge in [-0.3, -0.25) is 19.2 Å². The molecule has 0 saturated heterocycles. The molecule has 2 aromatic rings. The van der Waals surface area contributed by atoms with Gasteiger partial charge < -0.3 is 5.11 Å². The largest absolute Gasteiger partial charge is 0.478 e. The number of aromatic nitrogens is 3. The Kier molecular flexibility index (Phi) is 4.67. The number of carboxylic acid groups (broad SMARTS) is 1. The number of Topliss-reactive ketones (excluding diaryl/α,β-unsaturated/α-hetero) is 1. The van der Waals surface area contributed by atoms with Crippen molar-refractivity contribution in [2.24, 2.45) is 0 Å². The second kappa shape index (κ2) is 6.75. The third-order valence-corrected chi connectivity index (χ3v) is 5.18. The van der Waals surface area contributed by atoms with Gasteiger partial charge in [-0.15, -0.1) is 0 Å². The van der Waals surface area contributed by atoms with Crippen LogP contribution in [0.15, 0.2) is 12.4 Å². The van der Waals surface area contributed by atoms with Gasteiger partial charge in [0.15, 0.2) is 10.9 Å². The Hall–Kier alpha value is -2.55. The van der Waals surface area contributed by atoms with E-state index in [2.05, 4.69) is 10.1 Å². The molecule has 0 radical (unpaired) electrons. The Morgan fingerprint density at radius 1 is 1.40 bits per heavy atom. The minimum Gasteiger partial charge on any atom is -0.478 e. The van der Waals surface area contributed by atoms with Crippen LogP contribution < -0.4 is 4.90 Å². The highest BCUT2D eigenvalue weighted by molar-refractivity contribution is 7.17. The third kappa shape index (κ3) is 3.76. The van der Waals surface area contributed by atoms with Crippen molar-refractivity contribution in [3.05, 3.63) is 28.5 Å². The number of anilines is 1. The van der Waals surface area contributed by atoms with Crippen molar-refractivity contribution in [1.82, 2.24) is 14.8 Å². The third-order valence-electron chi connectivity index (χ3n) is 3.93. The number of hydrogen-bond donors (Lipinski definition) is 1. The molecule has 2 aromatic heterocycles. The number of hydrogen-bond acceptors (Lipinski definition) is 6. The number of rotatable bonds is 7. The fourth-order valence-corrected chi connectivity index (χ4v) is 3.59. The summed E-state index contributed by atoms with van der Waals surface area (Å²) >= 11 is 1.25. The molecule has 0 unspecified atom stereocenters. The van der Waals surface area contributed by atoms with Crippen LogP contribution in [0.2, 0.25) is 0 Å². The quantitative estimate of drug-likeness (QED) is 0.757. The molecule has 0 aromatic carbocycles. The molecule has 25 heavy (non-hydrogen) atoms. The number of carbonyl (C=O) groups is 3. The standard InChI is InChI=1S/C16H18N4O4S/c1-9-14(10(2)21)25-16(18-9)20(12-3-4-12)13(22)5-6-19-8-11(7-17-19)15(23)24/h7-8,12H,3-6H2,1-2H3,(H,23,24). The van der Waals surface area contributed by atoms with Crippen LogP contribution in [0.3, 0.4) is 0 Å². The summed E-state index contributed by atoms with van der Waals surface area (Å²) in [5.41, 5.74) is 0.734. The van der Waals surface area contributed by atoms with E-state index >= 15 is 0 Å². The van der Waals surface area contributed by atoms with Crippen LogP contribution in [-0.2, 0) is 11.3 Å². The lowest BCUT2D eigenvalue weighted by Gasteiger charge is -2.19. The zero-order valence-corrected chi connectivity index (χ0v) is 14.7. The molecular weight excluding hydrogens is 344 g/mol. The minimum atomic E-state index is -1.05. The van der Waals surface area contributed by atoms with Crippen molar-refractivity contribution in [2.75, 3.05) is 4.90 Å². The summed E-state index contributed by atoms with van der Waals surface area (Å²) in [4.78, 5) is 41.8. The van der Waals surface area contributed by atoms with Crippen molar-refractivity contribution in [3.8, 4) is 0 Å². The van der Waals surface area contributed by atoms with Gasteiger partial charge in [0, 0.05) is 32.1 Å². The van der Waals surface area contributed by atoms with Gasteiger partial charge in [0.1, 0.15) is 0 Å². The Bertz CT molecular complexity index is 837. The van der Waals surface area contributed by atoms with Crippen LogP contribution in [0, 0.1) is 6.92 Å². The minimum absolute atomic E-state index is 0.0535. The first-order valence-electron chi connectivity index (χ1n) is 7.93. The zero-order chi connectivity index (χ0) is 18.1. The van der Waals surface area contributed by atoms with Crippen molar-refractivity contribution in [1.29, 1.82) is 0 Å². The summed E-state index contributed by atoms with van der Waals surface area (Å²) < 4.78 is 1.44. The van der Waals surface area contributed by atoms with Crippen molar-refractivity contribution < 1.29 is 19.5 Å². The number of carboxylic acids is 1. The smallest absolute Gasteiger partial charge is 0.338 e. The molecule has 2 heterocycles. The van der Waals surface area contributed by atoms with Crippen LogP contribution >= 0.6 is 11.3 Å². The molecule has 1 fully saturated rings. The lowest BCUT2D eigenvalue weighted by Crippen LogP contribution is -2.33. The summed E-state index contributed by atoms with van der Waals surface area (Å²) in [6, 6.07) is 0.130. The lowest BCUT2D eigenvalue weighted by molar-refractivity contribution is -0.119. The first-order valence-corrected chi connectivity index (χ1v) is 8.74. The molecule has 1 saturated carbocycles. The molecule has 8 nitrogen and oxygen atoms in total. The predicted molar refractivity (Wildman–Crippen MR) is 91.2 cm³/mol. The Morgan fingerprint density at radius 2 is 2.12 bits per heavy atom. The maximum atomic E-state index is 12.7. The Labute approximate surface area is 148 Å². The van der Waals surface area contributed by atoms with Crippen molar-refractivity contribution in [3.63, 3.8) is 0 Å². The van der Waals surface area contributed by atoms with Gasteiger partial charge in [-0.05, 0) is 19.8 Å². The number of aryl methyl sites for hydroxylation is 2. The number of thiazole rings is 1. The van der Waals surface area contributed by atoms with E-state index in [0.717, 1.165) is 12.8 Å². The number of amides is 1. The molecule has 0 atom stereocenters. The first kappa shape index (κ1) is 17.3. The van der Waals surface area contributed by atoms with Crippen LogP contribution in [0.1, 0.15) is 51.9 Å². The average Bonchev–Trinajstić information content (AvgIpc) is 3.11. The number of ketones is 1. The van der Waals surface area contributed by atoms with Gasteiger partial charge in [0.2, 0.25) is 5.91 Å². The fraction of sp³-hybridized carbons (Fsp3) is 0.438. The molecule has 3 rings (SSSR count). The van der Waals surface area contributed by atoms with E-state index in [-0.39, 0.29) is 29.7 Å². The molecule has 0 aliphatic heterocycles. The van der Waals surface area contributed by atoms with Crippen LogP contribution in [0.5, 0.6) is 0 Å². The van der Waals surface area contributed by atoms with E-state index < -0.39 is 5.97 Å². The molecule has 1 N–H and O–H groups in total. The number of nitrogens with zero attached hydrogens (tertiary/aromatic N) is 4. The topological polar surface area (TPSA) is 105 Å². The molecular formula is C16H18N4O4S. The second-order valence-corrected chi connectivity index (χ2v) is 6.99. The highest BCUT2D eigenvalue weighted by Crippen LogP contribution is 2.36. The molecule has 9 heteroatoms. The van der Waals surface area contributed by atoms with E-state index in [9.17, 15) is 14.4 Å². The maximum Gasteiger partial charge on any atom is 0.338 e. The van der Waals surface area contributed by atoms with Crippen LogP contribution in [0.4, 0.5) is 5.13 Å². The number of aromatic carboxylic acids is 1. The lowest BCUT2D eigenvalue weighted by atomic mass is 10.3. The van der Waals surface area contributed by atoms with Gasteiger partial charge in [-0.1, -0.05) is 11.3 Å². The summed E-state index contributed by atoms with van der Waals surface area (Å²) in [5.74, 6) is -1.20. The molecule has 0 spiro atoms. The molecule has 0 bridgehead atoms. The van der Waals surface area contributed by atoms with E-state index in [1.54, 1.807) is 11.8 Å². The van der Waals surface area contributed by atoms with Crippen molar-refractivity contribution >= 4 is 34.1 Å². The van der Waals surface area contributed by atoms with E-state index in [0.29, 0.717) is 22.2 Å². The van der Waals surface area contributed by atoms with Gasteiger partial charge in [-0.25, -0.2) is 9.78 Å². The van der Waals surface area contributed by atoms with Crippen LogP contribution in [0.25, 0.3) is 0 Å². The van der Waals surface area contributed by atoms with Gasteiger partial charge in [0.05, 0.1) is 22.3 Å². The summed E-state index contributed by atoms with van der Waals surface area (Å²) in [7, 11) is 0. The number of carbonyl (C=O) groups excluding carboxylic acids is 2. The monoisotopic (exact) mass is 362 g/mol. The van der Waals surface area contributed by atoms with E-state index in [1.165, 1.54) is 35.3 Å². The highest BCUT2D eigenvalue weighted by Gasteiger charge is 2.35. The Morgan fingerprint density at radius 3 is 2.64 bits per heavy atom. The maximum absolute atomic E-state index is 12.7. The van der Waals surface area contributed by atoms with Gasteiger partial charge >= 0.3 is 5.97 Å². The molecule has 1 aliphatic rings. The van der Waals surface area contributed by atoms with Crippen molar-refractivity contribution in [2.45, 2.75) is 45.7 Å². The summed E-state index contributed by atoms with van der Waals surface area (Å²) in [6.45, 7) is 3.55. The van der Waals surface area contributed by atoms with E-state index in [4.69, 9.17) is 5.11 Å². The van der Waals surface area contributed by atoms with Crippen LogP contribution in [-0.4, -0.2) is 43.6 Å². The molecule has 1 aliphatic carbocycles. The van der Waals surface area contributed by atoms with E-state index in [1.807, 2.05) is 0 Å². The highest BCUT2D eigenvalue weighted by atomic mass is 32.1. The average molecular weight is 362 g/mol. The first-order chi connectivity index (χ1) is 11.9. The Balaban J connectivity index is 1.72. The fourth-order valence-electron chi connectivity index (χ4n) is 2.54. The summed E-state index contributed by atoms with van der Waals surface area (Å²) in [6.07, 6.45) is 4.69. The normalized spacial score (nSPS) is 13.7. The summed E-state index contributed by atoms with van der Waals surface area (Å²) in [5, 5.41) is 13.4. The molecule has 132 valence electrons. The molecule has 1 amide bonds.